The molecule has 3 rings (SSSR count). The summed E-state index contributed by atoms with van der Waals surface area (Å²) < 4.78 is 0. The Balaban J connectivity index is 2.09. The summed E-state index contributed by atoms with van der Waals surface area (Å²) in [6, 6.07) is 8.46. The van der Waals surface area contributed by atoms with Crippen LogP contribution >= 0.6 is 0 Å². The van der Waals surface area contributed by atoms with Crippen molar-refractivity contribution in [1.82, 2.24) is 0 Å². The second kappa shape index (κ2) is 4.95. The zero-order valence-corrected chi connectivity index (χ0v) is 13.5. The van der Waals surface area contributed by atoms with E-state index in [0.29, 0.717) is 6.42 Å². The van der Waals surface area contributed by atoms with Gasteiger partial charge >= 0.3 is 5.97 Å². The fraction of sp³-hybridized carbons (Fsp3) is 0.526. The number of aliphatic carboxylic acids is 1. The Kier molecular flexibility index (Phi) is 3.44. The van der Waals surface area contributed by atoms with Gasteiger partial charge in [-0.3, -0.25) is 4.79 Å². The molecular formula is C19H25NO2. The van der Waals surface area contributed by atoms with Crippen molar-refractivity contribution in [1.29, 1.82) is 0 Å². The summed E-state index contributed by atoms with van der Waals surface area (Å²) in [6.07, 6.45) is 5.80. The van der Waals surface area contributed by atoms with Gasteiger partial charge in [0, 0.05) is 5.41 Å². The van der Waals surface area contributed by atoms with Crippen molar-refractivity contribution in [2.75, 3.05) is 0 Å². The first-order chi connectivity index (χ1) is 10.3. The van der Waals surface area contributed by atoms with Crippen molar-refractivity contribution in [3.05, 3.63) is 41.5 Å². The minimum atomic E-state index is -1.12. The third-order valence-corrected chi connectivity index (χ3v) is 6.04. The third kappa shape index (κ3) is 1.88. The summed E-state index contributed by atoms with van der Waals surface area (Å²) in [5, 5.41) is 9.72. The van der Waals surface area contributed by atoms with Crippen LogP contribution in [0, 0.1) is 17.8 Å². The molecule has 4 unspecified atom stereocenters. The van der Waals surface area contributed by atoms with Gasteiger partial charge in [0.1, 0.15) is 5.54 Å². The summed E-state index contributed by atoms with van der Waals surface area (Å²) in [4.78, 5) is 11.8. The lowest BCUT2D eigenvalue weighted by molar-refractivity contribution is -0.151. The van der Waals surface area contributed by atoms with Crippen LogP contribution in [0.25, 0.3) is 6.08 Å². The monoisotopic (exact) mass is 299 g/mol. The molecule has 0 radical (unpaired) electrons. The molecule has 1 saturated carbocycles. The van der Waals surface area contributed by atoms with Crippen LogP contribution in [0.4, 0.5) is 0 Å². The predicted octanol–water partition coefficient (Wildman–Crippen LogP) is 3.44. The number of hydrogen-bond donors (Lipinski definition) is 2. The molecule has 118 valence electrons. The molecule has 3 N–H and O–H groups in total. The zero-order chi connectivity index (χ0) is 16.1. The fourth-order valence-corrected chi connectivity index (χ4v) is 5.01. The van der Waals surface area contributed by atoms with Crippen LogP contribution in [-0.4, -0.2) is 16.6 Å². The molecule has 0 bridgehead atoms. The summed E-state index contributed by atoms with van der Waals surface area (Å²) in [5.41, 5.74) is 7.79. The Morgan fingerprint density at radius 1 is 1.32 bits per heavy atom. The average molecular weight is 299 g/mol. The molecule has 0 aliphatic heterocycles. The first-order valence-corrected chi connectivity index (χ1v) is 8.14. The molecule has 1 spiro atoms. The maximum atomic E-state index is 11.8. The lowest BCUT2D eigenvalue weighted by Crippen LogP contribution is -2.63. The van der Waals surface area contributed by atoms with Crippen LogP contribution < -0.4 is 5.73 Å². The van der Waals surface area contributed by atoms with Crippen LogP contribution in [0.15, 0.2) is 30.3 Å². The number of fused-ring (bicyclic) bond motifs is 2. The van der Waals surface area contributed by atoms with Crippen molar-refractivity contribution >= 4 is 12.0 Å². The molecule has 0 heterocycles. The smallest absolute Gasteiger partial charge is 0.323 e. The lowest BCUT2D eigenvalue weighted by atomic mass is 9.52. The number of carboxylic acids is 1. The average Bonchev–Trinajstić information content (AvgIpc) is 2.83. The van der Waals surface area contributed by atoms with Crippen LogP contribution in [0.1, 0.15) is 44.7 Å². The second-order valence-electron chi connectivity index (χ2n) is 7.36. The lowest BCUT2D eigenvalue weighted by Gasteiger charge is -2.53. The van der Waals surface area contributed by atoms with Gasteiger partial charge in [0.05, 0.1) is 0 Å². The van der Waals surface area contributed by atoms with E-state index in [9.17, 15) is 9.90 Å². The van der Waals surface area contributed by atoms with Gasteiger partial charge in [-0.15, -0.1) is 0 Å². The van der Waals surface area contributed by atoms with Gasteiger partial charge in [-0.1, -0.05) is 57.2 Å². The Morgan fingerprint density at radius 3 is 2.64 bits per heavy atom. The van der Waals surface area contributed by atoms with Crippen molar-refractivity contribution < 1.29 is 9.90 Å². The summed E-state index contributed by atoms with van der Waals surface area (Å²) in [7, 11) is 0. The fourth-order valence-electron chi connectivity index (χ4n) is 5.01. The third-order valence-electron chi connectivity index (χ3n) is 6.04. The van der Waals surface area contributed by atoms with Gasteiger partial charge < -0.3 is 10.8 Å². The van der Waals surface area contributed by atoms with E-state index in [2.05, 4.69) is 57.2 Å². The normalized spacial score (nSPS) is 36.8. The number of hydrogen-bond acceptors (Lipinski definition) is 2. The number of carboxylic acid groups (broad SMARTS) is 1. The summed E-state index contributed by atoms with van der Waals surface area (Å²) in [6.45, 7) is 6.37. The molecule has 1 aromatic carbocycles. The highest BCUT2D eigenvalue weighted by Gasteiger charge is 2.57. The highest BCUT2D eigenvalue weighted by Crippen LogP contribution is 2.55. The van der Waals surface area contributed by atoms with Gasteiger partial charge in [0.15, 0.2) is 0 Å². The molecule has 1 fully saturated rings. The summed E-state index contributed by atoms with van der Waals surface area (Å²) >= 11 is 0. The Hall–Kier alpha value is -1.61. The van der Waals surface area contributed by atoms with E-state index < -0.39 is 11.5 Å². The van der Waals surface area contributed by atoms with E-state index in [1.165, 1.54) is 11.1 Å². The molecule has 3 heteroatoms. The number of rotatable bonds is 2. The van der Waals surface area contributed by atoms with E-state index >= 15 is 0 Å². The number of allylic oxidation sites excluding steroid dienone is 1. The Bertz CT molecular complexity index is 636. The van der Waals surface area contributed by atoms with Crippen molar-refractivity contribution in [2.24, 2.45) is 23.5 Å². The molecule has 2 aliphatic rings. The Morgan fingerprint density at radius 2 is 2.00 bits per heavy atom. The van der Waals surface area contributed by atoms with Crippen LogP contribution in [0.5, 0.6) is 0 Å². The maximum Gasteiger partial charge on any atom is 0.323 e. The first kappa shape index (κ1) is 15.3. The molecule has 0 amide bonds. The topological polar surface area (TPSA) is 63.3 Å². The van der Waals surface area contributed by atoms with Gasteiger partial charge in [-0.05, 0) is 41.7 Å². The van der Waals surface area contributed by atoms with Gasteiger partial charge in [0.2, 0.25) is 0 Å². The number of carbonyl (C=O) groups is 1. The predicted molar refractivity (Wildman–Crippen MR) is 88.4 cm³/mol. The largest absolute Gasteiger partial charge is 0.480 e. The summed E-state index contributed by atoms with van der Waals surface area (Å²) in [5.74, 6) is -0.477. The maximum absolute atomic E-state index is 11.8. The van der Waals surface area contributed by atoms with Crippen molar-refractivity contribution in [2.45, 2.75) is 44.6 Å². The number of benzene rings is 1. The van der Waals surface area contributed by atoms with Crippen molar-refractivity contribution in [3.63, 3.8) is 0 Å². The molecule has 4 atom stereocenters. The highest BCUT2D eigenvalue weighted by atomic mass is 16.4. The van der Waals surface area contributed by atoms with Crippen molar-refractivity contribution in [3.8, 4) is 0 Å². The van der Waals surface area contributed by atoms with E-state index in [1.54, 1.807) is 0 Å². The van der Waals surface area contributed by atoms with Gasteiger partial charge in [0.25, 0.3) is 0 Å². The van der Waals surface area contributed by atoms with E-state index in [4.69, 9.17) is 5.73 Å². The highest BCUT2D eigenvalue weighted by molar-refractivity contribution is 5.80. The quantitative estimate of drug-likeness (QED) is 0.879. The van der Waals surface area contributed by atoms with E-state index in [1.807, 2.05) is 0 Å². The molecule has 22 heavy (non-hydrogen) atoms. The second-order valence-corrected chi connectivity index (χ2v) is 7.36. The molecular weight excluding hydrogens is 274 g/mol. The van der Waals surface area contributed by atoms with Gasteiger partial charge in [-0.2, -0.15) is 0 Å². The molecule has 3 nitrogen and oxygen atoms in total. The molecule has 2 aliphatic carbocycles. The minimum absolute atomic E-state index is 0.0467. The molecule has 1 aromatic rings. The zero-order valence-electron chi connectivity index (χ0n) is 13.5. The standard InChI is InChI=1S/C19H25NO2/c1-12(2)16-13(3)18(10-11-19(16,20)17(21)22)9-8-14-6-4-5-7-15(14)18/h4-9,12-13,16H,10-11,20H2,1-3H3,(H,21,22). The van der Waals surface area contributed by atoms with Crippen LogP contribution in [-0.2, 0) is 10.2 Å². The van der Waals surface area contributed by atoms with Crippen LogP contribution in [0.3, 0.4) is 0 Å². The number of nitrogens with two attached hydrogens (primary N) is 1. The molecule has 0 saturated heterocycles. The SMILES string of the molecule is CC(C)C1C(C)C2(C=Cc3ccccc32)CCC1(N)C(=O)O. The van der Waals surface area contributed by atoms with Gasteiger partial charge in [-0.25, -0.2) is 0 Å². The van der Waals surface area contributed by atoms with Crippen LogP contribution in [0.2, 0.25) is 0 Å². The molecule has 0 aromatic heterocycles. The van der Waals surface area contributed by atoms with E-state index in [-0.39, 0.29) is 23.2 Å². The van der Waals surface area contributed by atoms with E-state index in [0.717, 1.165) is 6.42 Å². The minimum Gasteiger partial charge on any atom is -0.480 e. The first-order valence-electron chi connectivity index (χ1n) is 8.14. The Labute approximate surface area is 132 Å².